The molecule has 2 unspecified atom stereocenters. The van der Waals surface area contributed by atoms with Crippen molar-refractivity contribution in [3.8, 4) is 5.75 Å². The lowest BCUT2D eigenvalue weighted by molar-refractivity contribution is 0.123. The summed E-state index contributed by atoms with van der Waals surface area (Å²) in [5.41, 5.74) is 2.67. The van der Waals surface area contributed by atoms with Gasteiger partial charge in [-0.3, -0.25) is 4.90 Å². The van der Waals surface area contributed by atoms with Crippen LogP contribution in [0.4, 0.5) is 0 Å². The molecule has 0 spiro atoms. The smallest absolute Gasteiger partial charge is 0.124 e. The Balaban J connectivity index is 2.49. The van der Waals surface area contributed by atoms with E-state index in [1.54, 1.807) is 0 Å². The van der Waals surface area contributed by atoms with Crippen molar-refractivity contribution in [2.45, 2.75) is 58.9 Å². The minimum absolute atomic E-state index is 0.109. The fraction of sp³-hybridized carbons (Fsp3) is 0.700. The number of aliphatic hydroxyl groups is 1. The molecule has 23 heavy (non-hydrogen) atoms. The van der Waals surface area contributed by atoms with Gasteiger partial charge in [0.1, 0.15) is 5.75 Å². The second-order valence-electron chi connectivity index (χ2n) is 7.78. The monoisotopic (exact) mass is 319 g/mol. The van der Waals surface area contributed by atoms with Gasteiger partial charge in [0.25, 0.3) is 0 Å². The second-order valence-corrected chi connectivity index (χ2v) is 7.78. The Morgan fingerprint density at radius 3 is 2.39 bits per heavy atom. The van der Waals surface area contributed by atoms with Crippen LogP contribution in [0.3, 0.4) is 0 Å². The maximum absolute atomic E-state index is 9.81. The SMILES string of the molecule is CCOc1ccc(C(C)(C)C)cc1C(C(C)CO)N1CCCC1. The highest BCUT2D eigenvalue weighted by Gasteiger charge is 2.31. The molecule has 0 bridgehead atoms. The molecule has 1 aliphatic rings. The molecule has 1 fully saturated rings. The standard InChI is InChI=1S/C20H33NO2/c1-6-23-18-10-9-16(20(3,4)5)13-17(18)19(15(2)14-22)21-11-7-8-12-21/h9-10,13,15,19,22H,6-8,11-12,14H2,1-5H3. The zero-order valence-corrected chi connectivity index (χ0v) is 15.4. The second kappa shape index (κ2) is 7.67. The highest BCUT2D eigenvalue weighted by molar-refractivity contribution is 5.42. The summed E-state index contributed by atoms with van der Waals surface area (Å²) in [4.78, 5) is 2.52. The van der Waals surface area contributed by atoms with Crippen molar-refractivity contribution >= 4 is 0 Å². The zero-order chi connectivity index (χ0) is 17.0. The Morgan fingerprint density at radius 2 is 1.87 bits per heavy atom. The number of hydrogen-bond donors (Lipinski definition) is 1. The van der Waals surface area contributed by atoms with E-state index >= 15 is 0 Å². The van der Waals surface area contributed by atoms with Crippen LogP contribution in [-0.2, 0) is 5.41 Å². The predicted molar refractivity (Wildman–Crippen MR) is 96.1 cm³/mol. The molecule has 1 aromatic rings. The highest BCUT2D eigenvalue weighted by Crippen LogP contribution is 2.39. The fourth-order valence-corrected chi connectivity index (χ4v) is 3.52. The van der Waals surface area contributed by atoms with Gasteiger partial charge in [-0.05, 0) is 61.9 Å². The van der Waals surface area contributed by atoms with Crippen LogP contribution in [-0.4, -0.2) is 36.3 Å². The summed E-state index contributed by atoms with van der Waals surface area (Å²) in [7, 11) is 0. The maximum Gasteiger partial charge on any atom is 0.124 e. The van der Waals surface area contributed by atoms with E-state index < -0.39 is 0 Å². The van der Waals surface area contributed by atoms with Crippen molar-refractivity contribution in [1.82, 2.24) is 4.90 Å². The fourth-order valence-electron chi connectivity index (χ4n) is 3.52. The van der Waals surface area contributed by atoms with Crippen molar-refractivity contribution < 1.29 is 9.84 Å². The summed E-state index contributed by atoms with van der Waals surface area (Å²) < 4.78 is 5.93. The van der Waals surface area contributed by atoms with Gasteiger partial charge in [-0.1, -0.05) is 33.8 Å². The molecule has 1 heterocycles. The Morgan fingerprint density at radius 1 is 1.22 bits per heavy atom. The van der Waals surface area contributed by atoms with Gasteiger partial charge in [0.15, 0.2) is 0 Å². The lowest BCUT2D eigenvalue weighted by Gasteiger charge is -2.34. The average Bonchev–Trinajstić information content (AvgIpc) is 3.02. The van der Waals surface area contributed by atoms with Gasteiger partial charge >= 0.3 is 0 Å². The summed E-state index contributed by atoms with van der Waals surface area (Å²) >= 11 is 0. The first-order valence-electron chi connectivity index (χ1n) is 9.00. The molecule has 130 valence electrons. The Hall–Kier alpha value is -1.06. The van der Waals surface area contributed by atoms with Gasteiger partial charge in [-0.2, -0.15) is 0 Å². The van der Waals surface area contributed by atoms with E-state index in [0.29, 0.717) is 6.61 Å². The van der Waals surface area contributed by atoms with Crippen molar-refractivity contribution in [3.05, 3.63) is 29.3 Å². The summed E-state index contributed by atoms with van der Waals surface area (Å²) in [5, 5.41) is 9.81. The van der Waals surface area contributed by atoms with Crippen LogP contribution < -0.4 is 4.74 Å². The first-order chi connectivity index (χ1) is 10.9. The van der Waals surface area contributed by atoms with Gasteiger partial charge in [0, 0.05) is 18.2 Å². The van der Waals surface area contributed by atoms with Crippen molar-refractivity contribution in [2.24, 2.45) is 5.92 Å². The Labute approximate surface area is 141 Å². The van der Waals surface area contributed by atoms with E-state index in [1.807, 2.05) is 6.92 Å². The molecule has 1 saturated heterocycles. The molecule has 2 atom stereocenters. The highest BCUT2D eigenvalue weighted by atomic mass is 16.5. The molecule has 0 aromatic heterocycles. The van der Waals surface area contributed by atoms with Crippen molar-refractivity contribution in [2.75, 3.05) is 26.3 Å². The van der Waals surface area contributed by atoms with Crippen LogP contribution in [0.2, 0.25) is 0 Å². The van der Waals surface area contributed by atoms with Gasteiger partial charge in [-0.15, -0.1) is 0 Å². The van der Waals surface area contributed by atoms with Gasteiger partial charge in [0.05, 0.1) is 6.61 Å². The van der Waals surface area contributed by atoms with E-state index in [4.69, 9.17) is 4.74 Å². The molecule has 3 nitrogen and oxygen atoms in total. The van der Waals surface area contributed by atoms with Crippen LogP contribution in [0.1, 0.15) is 64.6 Å². The minimum Gasteiger partial charge on any atom is -0.494 e. The largest absolute Gasteiger partial charge is 0.494 e. The van der Waals surface area contributed by atoms with Gasteiger partial charge in [-0.25, -0.2) is 0 Å². The van der Waals surface area contributed by atoms with E-state index in [-0.39, 0.29) is 24.0 Å². The molecule has 0 aliphatic carbocycles. The molecule has 0 saturated carbocycles. The zero-order valence-electron chi connectivity index (χ0n) is 15.4. The van der Waals surface area contributed by atoms with E-state index in [9.17, 15) is 5.11 Å². The summed E-state index contributed by atoms with van der Waals surface area (Å²) in [6.07, 6.45) is 2.50. The summed E-state index contributed by atoms with van der Waals surface area (Å²) in [6, 6.07) is 6.83. The lowest BCUT2D eigenvalue weighted by Crippen LogP contribution is -2.32. The predicted octanol–water partition coefficient (Wildman–Crippen LogP) is 4.15. The van der Waals surface area contributed by atoms with Gasteiger partial charge < -0.3 is 9.84 Å². The Bertz CT molecular complexity index is 501. The van der Waals surface area contributed by atoms with Crippen LogP contribution in [0.25, 0.3) is 0 Å². The summed E-state index contributed by atoms with van der Waals surface area (Å²) in [6.45, 7) is 14.0. The third kappa shape index (κ3) is 4.27. The van der Waals surface area contributed by atoms with E-state index in [1.165, 1.54) is 24.0 Å². The number of rotatable bonds is 6. The Kier molecular flexibility index (Phi) is 6.10. The third-order valence-corrected chi connectivity index (χ3v) is 4.86. The van der Waals surface area contributed by atoms with Crippen LogP contribution in [0.5, 0.6) is 5.75 Å². The van der Waals surface area contributed by atoms with E-state index in [2.05, 4.69) is 50.8 Å². The molecule has 2 rings (SSSR count). The lowest BCUT2D eigenvalue weighted by atomic mass is 9.83. The van der Waals surface area contributed by atoms with Crippen molar-refractivity contribution in [3.63, 3.8) is 0 Å². The third-order valence-electron chi connectivity index (χ3n) is 4.86. The molecular formula is C20H33NO2. The number of aliphatic hydroxyl groups excluding tert-OH is 1. The van der Waals surface area contributed by atoms with Crippen LogP contribution in [0, 0.1) is 5.92 Å². The molecular weight excluding hydrogens is 286 g/mol. The van der Waals surface area contributed by atoms with Crippen LogP contribution >= 0.6 is 0 Å². The number of hydrogen-bond acceptors (Lipinski definition) is 3. The first-order valence-corrected chi connectivity index (χ1v) is 9.00. The van der Waals surface area contributed by atoms with Gasteiger partial charge in [0.2, 0.25) is 0 Å². The van der Waals surface area contributed by atoms with E-state index in [0.717, 1.165) is 18.8 Å². The molecule has 1 aliphatic heterocycles. The quantitative estimate of drug-likeness (QED) is 0.855. The van der Waals surface area contributed by atoms with Crippen LogP contribution in [0.15, 0.2) is 18.2 Å². The number of nitrogens with zero attached hydrogens (tertiary/aromatic N) is 1. The molecule has 1 N–H and O–H groups in total. The number of likely N-dealkylation sites (tertiary alicyclic amines) is 1. The molecule has 0 radical (unpaired) electrons. The summed E-state index contributed by atoms with van der Waals surface area (Å²) in [5.74, 6) is 1.17. The number of ether oxygens (including phenoxy) is 1. The normalized spacial score (nSPS) is 18.9. The maximum atomic E-state index is 9.81. The van der Waals surface area contributed by atoms with Crippen molar-refractivity contribution in [1.29, 1.82) is 0 Å². The molecule has 0 amide bonds. The molecule has 1 aromatic carbocycles. The number of benzene rings is 1. The average molecular weight is 319 g/mol. The topological polar surface area (TPSA) is 32.7 Å². The minimum atomic E-state index is 0.109. The first kappa shape index (κ1) is 18.3. The molecule has 3 heteroatoms.